The largest absolute Gasteiger partial charge is 1.00 e. The van der Waals surface area contributed by atoms with Gasteiger partial charge in [0.2, 0.25) is 13.1 Å². The number of amides is 2. The Labute approximate surface area is 324 Å². The van der Waals surface area contributed by atoms with Crippen molar-refractivity contribution in [2.45, 2.75) is 51.3 Å². The van der Waals surface area contributed by atoms with Crippen molar-refractivity contribution in [3.8, 4) is 5.69 Å². The molecule has 1 N–H and O–H groups in total. The van der Waals surface area contributed by atoms with Gasteiger partial charge >= 0.3 is 18.2 Å². The maximum absolute atomic E-state index is 15.3. The third-order valence-electron chi connectivity index (χ3n) is 8.72. The SMILES string of the molecule is C[C@@H](N1CCN(c2ccc(-n3cnnn3)cc2)C1=O)[C@](O)(C[n+]1cn(COC(=O)OCCCC(=O)OCc2ccccc2)cn1)c1ccc(F)cc1F.[I-]. The van der Waals surface area contributed by atoms with Crippen LogP contribution in [0.1, 0.15) is 30.9 Å². The molecule has 19 heteroatoms. The summed E-state index contributed by atoms with van der Waals surface area (Å²) in [5.74, 6) is -2.27. The topological polar surface area (TPSA) is 171 Å². The molecule has 0 aliphatic carbocycles. The fraction of sp³-hybridized carbons (Fsp3) is 0.314. The van der Waals surface area contributed by atoms with E-state index in [2.05, 4.69) is 20.6 Å². The van der Waals surface area contributed by atoms with Gasteiger partial charge in [0.1, 0.15) is 31.1 Å². The average molecular weight is 860 g/mol. The van der Waals surface area contributed by atoms with E-state index in [0.29, 0.717) is 17.4 Å². The van der Waals surface area contributed by atoms with Crippen LogP contribution in [0.5, 0.6) is 0 Å². The molecule has 0 radical (unpaired) electrons. The van der Waals surface area contributed by atoms with E-state index >= 15 is 4.39 Å². The van der Waals surface area contributed by atoms with Crippen molar-refractivity contribution in [2.75, 3.05) is 24.6 Å². The summed E-state index contributed by atoms with van der Waals surface area (Å²) >= 11 is 0. The van der Waals surface area contributed by atoms with Crippen molar-refractivity contribution in [2.24, 2.45) is 0 Å². The Hall–Kier alpha value is -5.57. The van der Waals surface area contributed by atoms with Crippen LogP contribution in [0.3, 0.4) is 0 Å². The minimum atomic E-state index is -2.10. The van der Waals surface area contributed by atoms with Crippen LogP contribution in [0.2, 0.25) is 0 Å². The quantitative estimate of drug-likeness (QED) is 0.0665. The molecule has 3 heterocycles. The first-order chi connectivity index (χ1) is 25.6. The molecule has 1 fully saturated rings. The van der Waals surface area contributed by atoms with E-state index in [9.17, 15) is 23.9 Å². The number of halogens is 3. The molecule has 0 unspecified atom stereocenters. The molecule has 0 bridgehead atoms. The van der Waals surface area contributed by atoms with E-state index in [1.54, 1.807) is 31.2 Å². The lowest BCUT2D eigenvalue weighted by atomic mass is 9.85. The number of benzene rings is 3. The summed E-state index contributed by atoms with van der Waals surface area (Å²) < 4.78 is 48.8. The van der Waals surface area contributed by atoms with E-state index in [1.807, 2.05) is 30.3 Å². The molecular formula is C35H36F2IN9O7. The number of aliphatic hydroxyl groups is 1. The van der Waals surface area contributed by atoms with Crippen LogP contribution in [0.15, 0.2) is 91.8 Å². The van der Waals surface area contributed by atoms with Crippen LogP contribution in [0.25, 0.3) is 5.69 Å². The zero-order valence-corrected chi connectivity index (χ0v) is 31.1. The van der Waals surface area contributed by atoms with Crippen molar-refractivity contribution in [1.29, 1.82) is 0 Å². The first-order valence-corrected chi connectivity index (χ1v) is 16.6. The fourth-order valence-corrected chi connectivity index (χ4v) is 5.87. The van der Waals surface area contributed by atoms with Gasteiger partial charge in [0.05, 0.1) is 18.3 Å². The van der Waals surface area contributed by atoms with Crippen molar-refractivity contribution in [1.82, 2.24) is 34.8 Å². The predicted octanol–water partition coefficient (Wildman–Crippen LogP) is 0.281. The Morgan fingerprint density at radius 1 is 0.981 bits per heavy atom. The van der Waals surface area contributed by atoms with Gasteiger partial charge in [0, 0.05) is 36.8 Å². The Bertz CT molecular complexity index is 2020. The number of hydrogen-bond acceptors (Lipinski definition) is 11. The molecule has 2 amide bonds. The number of esters is 1. The van der Waals surface area contributed by atoms with Crippen molar-refractivity contribution >= 4 is 23.8 Å². The predicted molar refractivity (Wildman–Crippen MR) is 179 cm³/mol. The van der Waals surface area contributed by atoms with Gasteiger partial charge in [-0.25, -0.2) is 23.1 Å². The number of carbonyl (C=O) groups excluding carboxylic acids is 3. The van der Waals surface area contributed by atoms with E-state index < -0.39 is 41.4 Å². The minimum Gasteiger partial charge on any atom is -1.00 e. The first-order valence-electron chi connectivity index (χ1n) is 16.6. The second-order valence-electron chi connectivity index (χ2n) is 12.2. The number of carbonyl (C=O) groups is 3. The van der Waals surface area contributed by atoms with Crippen LogP contribution in [-0.4, -0.2) is 83.8 Å². The number of anilines is 1. The molecule has 0 saturated carbocycles. The summed E-state index contributed by atoms with van der Waals surface area (Å²) in [6, 6.07) is 17.6. The normalized spacial score (nSPS) is 14.3. The van der Waals surface area contributed by atoms with Gasteiger partial charge in [-0.05, 0) is 64.8 Å². The molecule has 1 aliphatic heterocycles. The Morgan fingerprint density at radius 2 is 1.74 bits per heavy atom. The monoisotopic (exact) mass is 859 g/mol. The smallest absolute Gasteiger partial charge is 0.511 e. The molecule has 54 heavy (non-hydrogen) atoms. The van der Waals surface area contributed by atoms with Gasteiger partial charge in [-0.15, -0.1) is 9.78 Å². The molecule has 16 nitrogen and oxygen atoms in total. The molecule has 284 valence electrons. The summed E-state index contributed by atoms with van der Waals surface area (Å²) in [4.78, 5) is 40.8. The Morgan fingerprint density at radius 3 is 2.46 bits per heavy atom. The van der Waals surface area contributed by atoms with Gasteiger partial charge in [0.25, 0.3) is 6.33 Å². The Balaban J connectivity index is 0.00000561. The number of tetrazole rings is 1. The van der Waals surface area contributed by atoms with Gasteiger partial charge in [-0.1, -0.05) is 36.4 Å². The molecule has 5 aromatic rings. The summed E-state index contributed by atoms with van der Waals surface area (Å²) in [6.07, 6.45) is 3.45. The lowest BCUT2D eigenvalue weighted by molar-refractivity contribution is -0.765. The summed E-state index contributed by atoms with van der Waals surface area (Å²) in [5, 5.41) is 27.5. The van der Waals surface area contributed by atoms with E-state index in [-0.39, 0.29) is 82.0 Å². The van der Waals surface area contributed by atoms with Crippen LogP contribution >= 0.6 is 0 Å². The van der Waals surface area contributed by atoms with Gasteiger partial charge < -0.3 is 48.2 Å². The molecule has 1 saturated heterocycles. The minimum absolute atomic E-state index is 0. The Kier molecular flexibility index (Phi) is 13.2. The van der Waals surface area contributed by atoms with E-state index in [1.165, 1.54) is 42.7 Å². The van der Waals surface area contributed by atoms with Crippen molar-refractivity contribution < 1.29 is 71.1 Å². The zero-order chi connectivity index (χ0) is 37.4. The summed E-state index contributed by atoms with van der Waals surface area (Å²) in [6.45, 7) is 1.45. The lowest BCUT2D eigenvalue weighted by Crippen LogP contribution is -3.00. The van der Waals surface area contributed by atoms with Crippen molar-refractivity contribution in [3.05, 3.63) is 115 Å². The second-order valence-corrected chi connectivity index (χ2v) is 12.2. The van der Waals surface area contributed by atoms with Gasteiger partial charge in [-0.2, -0.15) is 4.57 Å². The number of urea groups is 1. The zero-order valence-electron chi connectivity index (χ0n) is 28.9. The molecular weight excluding hydrogens is 823 g/mol. The first kappa shape index (κ1) is 39.6. The van der Waals surface area contributed by atoms with Gasteiger partial charge in [0.15, 0.2) is 5.60 Å². The average Bonchev–Trinajstić information content (AvgIpc) is 3.94. The number of nitrogens with zero attached hydrogens (tertiary/aromatic N) is 9. The third-order valence-corrected chi connectivity index (χ3v) is 8.72. The highest BCUT2D eigenvalue weighted by atomic mass is 127. The molecule has 2 atom stereocenters. The fourth-order valence-electron chi connectivity index (χ4n) is 5.87. The summed E-state index contributed by atoms with van der Waals surface area (Å²) in [5.41, 5.74) is -0.206. The maximum Gasteiger partial charge on any atom is 0.511 e. The number of hydrogen-bond donors (Lipinski definition) is 1. The van der Waals surface area contributed by atoms with Crippen LogP contribution in [0, 0.1) is 11.6 Å². The maximum atomic E-state index is 15.3. The molecule has 0 spiro atoms. The van der Waals surface area contributed by atoms with E-state index in [4.69, 9.17) is 14.2 Å². The lowest BCUT2D eigenvalue weighted by Gasteiger charge is -2.38. The van der Waals surface area contributed by atoms with E-state index in [0.717, 1.165) is 17.7 Å². The van der Waals surface area contributed by atoms with Gasteiger partial charge in [-0.3, -0.25) is 9.69 Å². The van der Waals surface area contributed by atoms with Crippen molar-refractivity contribution in [3.63, 3.8) is 0 Å². The van der Waals surface area contributed by atoms with Crippen LogP contribution < -0.4 is 33.6 Å². The standard InChI is InChI=1S/C35H36F2N9O7.HI/c1-25(44-15-16-45(33(44)48)28-10-12-29(13-11-28)46-21-38-40-41-46)35(50,30-14-9-27(36)18-31(30)37)20-43-23-42(22-39-43)24-53-34(49)51-17-5-8-32(47)52-19-26-6-3-2-4-7-26;/h2-4,6-7,9-14,18,21-23,25,50H,5,8,15-17,19-20,24H2,1H3;1H/q+1;/p-1/t25-,35-;/m1./s1. The number of ether oxygens (including phenoxy) is 3. The highest BCUT2D eigenvalue weighted by molar-refractivity contribution is 5.94. The van der Waals surface area contributed by atoms with Crippen LogP contribution in [-0.2, 0) is 44.5 Å². The number of aromatic nitrogens is 7. The highest BCUT2D eigenvalue weighted by Crippen LogP contribution is 2.34. The third kappa shape index (κ3) is 9.50. The van der Waals surface area contributed by atoms with Crippen LogP contribution in [0.4, 0.5) is 24.1 Å². The molecule has 3 aromatic carbocycles. The molecule has 2 aromatic heterocycles. The number of rotatable bonds is 15. The highest BCUT2D eigenvalue weighted by Gasteiger charge is 2.48. The summed E-state index contributed by atoms with van der Waals surface area (Å²) in [7, 11) is 0. The molecule has 1 aliphatic rings. The molecule has 6 rings (SSSR count). The second kappa shape index (κ2) is 18.0.